The number of piperidine rings is 1. The molecule has 0 radical (unpaired) electrons. The SMILES string of the molecule is COC(=O)C1=C(CN2CCC[C@H](O)[C@@H]2C(N)=O)CC2(C(=O)N(C(=O)OC(C)(C)C)c3c2ccc(OC)c3OC)C1(C)C. The van der Waals surface area contributed by atoms with Gasteiger partial charge in [0.05, 0.1) is 32.8 Å². The first-order chi connectivity index (χ1) is 19.6. The minimum absolute atomic E-state index is 0.0309. The molecule has 3 atom stereocenters. The molecule has 1 aromatic rings. The summed E-state index contributed by atoms with van der Waals surface area (Å²) in [7, 11) is 4.12. The Kier molecular flexibility index (Phi) is 8.11. The number of esters is 1. The highest BCUT2D eigenvalue weighted by molar-refractivity contribution is 6.24. The van der Waals surface area contributed by atoms with Crippen molar-refractivity contribution in [2.24, 2.45) is 11.1 Å². The summed E-state index contributed by atoms with van der Waals surface area (Å²) in [5.41, 5.74) is 3.55. The number of imide groups is 1. The minimum Gasteiger partial charge on any atom is -0.493 e. The van der Waals surface area contributed by atoms with Crippen LogP contribution in [0.4, 0.5) is 10.5 Å². The lowest BCUT2D eigenvalue weighted by molar-refractivity contribution is -0.138. The minimum atomic E-state index is -1.45. The van der Waals surface area contributed by atoms with E-state index in [-0.39, 0.29) is 30.0 Å². The molecular formula is C30H41N3O9. The second-order valence-electron chi connectivity index (χ2n) is 12.5. The van der Waals surface area contributed by atoms with Gasteiger partial charge in [-0.05, 0) is 63.8 Å². The fourth-order valence-corrected chi connectivity index (χ4v) is 6.90. The number of benzene rings is 1. The smallest absolute Gasteiger partial charge is 0.421 e. The molecule has 3 amide bonds. The molecule has 1 unspecified atom stereocenters. The average molecular weight is 588 g/mol. The molecule has 42 heavy (non-hydrogen) atoms. The number of ether oxygens (including phenoxy) is 4. The maximum Gasteiger partial charge on any atom is 0.421 e. The lowest BCUT2D eigenvalue weighted by Crippen LogP contribution is -2.55. The summed E-state index contributed by atoms with van der Waals surface area (Å²) >= 11 is 0. The fraction of sp³-hybridized carbons (Fsp3) is 0.600. The van der Waals surface area contributed by atoms with Crippen molar-refractivity contribution in [2.75, 3.05) is 39.3 Å². The van der Waals surface area contributed by atoms with Crippen LogP contribution < -0.4 is 20.1 Å². The van der Waals surface area contributed by atoms with Crippen molar-refractivity contribution in [3.8, 4) is 11.5 Å². The summed E-state index contributed by atoms with van der Waals surface area (Å²) in [6, 6.07) is 2.40. The lowest BCUT2D eigenvalue weighted by Gasteiger charge is -2.38. The first-order valence-corrected chi connectivity index (χ1v) is 13.9. The second kappa shape index (κ2) is 10.9. The number of nitrogens with zero attached hydrogens (tertiary/aromatic N) is 2. The van der Waals surface area contributed by atoms with Crippen molar-refractivity contribution in [1.82, 2.24) is 4.90 Å². The van der Waals surface area contributed by atoms with Gasteiger partial charge in [0.2, 0.25) is 11.8 Å². The van der Waals surface area contributed by atoms with E-state index in [1.807, 2.05) is 0 Å². The first-order valence-electron chi connectivity index (χ1n) is 13.9. The van der Waals surface area contributed by atoms with E-state index < -0.39 is 52.5 Å². The number of aliphatic hydroxyl groups is 1. The number of hydrogen-bond donors (Lipinski definition) is 2. The second-order valence-corrected chi connectivity index (χ2v) is 12.5. The quantitative estimate of drug-likeness (QED) is 0.474. The van der Waals surface area contributed by atoms with E-state index in [4.69, 9.17) is 24.7 Å². The monoisotopic (exact) mass is 587 g/mol. The van der Waals surface area contributed by atoms with Gasteiger partial charge in [0, 0.05) is 17.5 Å². The van der Waals surface area contributed by atoms with Crippen LogP contribution in [0.1, 0.15) is 59.4 Å². The molecule has 4 rings (SSSR count). The van der Waals surface area contributed by atoms with Crippen molar-refractivity contribution >= 4 is 29.6 Å². The molecule has 2 aliphatic heterocycles. The fourth-order valence-electron chi connectivity index (χ4n) is 6.90. The van der Waals surface area contributed by atoms with Crippen molar-refractivity contribution in [1.29, 1.82) is 0 Å². The third-order valence-electron chi connectivity index (χ3n) is 8.65. The van der Waals surface area contributed by atoms with Crippen LogP contribution in [0, 0.1) is 5.41 Å². The Morgan fingerprint density at radius 3 is 2.33 bits per heavy atom. The number of rotatable bonds is 6. The number of nitrogens with two attached hydrogens (primary N) is 1. The highest BCUT2D eigenvalue weighted by atomic mass is 16.6. The average Bonchev–Trinajstić information content (AvgIpc) is 3.28. The predicted molar refractivity (Wildman–Crippen MR) is 152 cm³/mol. The van der Waals surface area contributed by atoms with E-state index in [1.54, 1.807) is 51.7 Å². The van der Waals surface area contributed by atoms with Crippen molar-refractivity contribution in [3.05, 3.63) is 28.8 Å². The molecule has 3 aliphatic rings. The summed E-state index contributed by atoms with van der Waals surface area (Å²) in [6.07, 6.45) is -0.793. The van der Waals surface area contributed by atoms with Gasteiger partial charge in [-0.2, -0.15) is 0 Å². The molecule has 0 aromatic heterocycles. The van der Waals surface area contributed by atoms with Crippen molar-refractivity contribution in [3.63, 3.8) is 0 Å². The summed E-state index contributed by atoms with van der Waals surface area (Å²) in [5, 5.41) is 10.6. The Morgan fingerprint density at radius 2 is 1.79 bits per heavy atom. The van der Waals surface area contributed by atoms with E-state index in [2.05, 4.69) is 0 Å². The summed E-state index contributed by atoms with van der Waals surface area (Å²) < 4.78 is 22.1. The number of fused-ring (bicyclic) bond motifs is 2. The molecular weight excluding hydrogens is 546 g/mol. The number of carbonyl (C=O) groups excluding carboxylic acids is 4. The van der Waals surface area contributed by atoms with Crippen LogP contribution in [-0.4, -0.2) is 86.0 Å². The van der Waals surface area contributed by atoms with Crippen LogP contribution >= 0.6 is 0 Å². The Bertz CT molecular complexity index is 1350. The standard InChI is InChI=1S/C30H41N3O9/c1-28(2,3)42-27(38)33-21-17(11-12-19(39-6)23(21)40-7)30(26(33)37)14-16(20(25(36)41-8)29(30,4)5)15-32-13-9-10-18(34)22(32)24(31)35/h11-12,18,22,34H,9-10,13-15H2,1-8H3,(H2,31,35)/t18-,22+,30?/m0/s1. The van der Waals surface area contributed by atoms with E-state index in [9.17, 15) is 24.3 Å². The Labute approximate surface area is 245 Å². The number of methoxy groups -OCH3 is 3. The molecule has 230 valence electrons. The normalized spacial score (nSPS) is 25.5. The third-order valence-corrected chi connectivity index (χ3v) is 8.65. The predicted octanol–water partition coefficient (Wildman–Crippen LogP) is 2.43. The van der Waals surface area contributed by atoms with Crippen molar-refractivity contribution < 1.29 is 43.2 Å². The zero-order valence-electron chi connectivity index (χ0n) is 25.5. The van der Waals surface area contributed by atoms with Crippen LogP contribution in [0.5, 0.6) is 11.5 Å². The zero-order valence-corrected chi connectivity index (χ0v) is 25.5. The molecule has 1 aromatic carbocycles. The number of anilines is 1. The van der Waals surface area contributed by atoms with E-state index in [1.165, 1.54) is 21.3 Å². The van der Waals surface area contributed by atoms with Gasteiger partial charge in [0.15, 0.2) is 11.5 Å². The number of primary amides is 1. The van der Waals surface area contributed by atoms with Gasteiger partial charge in [-0.25, -0.2) is 14.5 Å². The highest BCUT2D eigenvalue weighted by Crippen LogP contribution is 2.65. The molecule has 12 heteroatoms. The van der Waals surface area contributed by atoms with Crippen LogP contribution in [0.15, 0.2) is 23.3 Å². The van der Waals surface area contributed by atoms with Crippen LogP contribution in [0.3, 0.4) is 0 Å². The molecule has 1 spiro atoms. The molecule has 0 bridgehead atoms. The largest absolute Gasteiger partial charge is 0.493 e. The number of carbonyl (C=O) groups is 4. The summed E-state index contributed by atoms with van der Waals surface area (Å²) in [6.45, 7) is 9.16. The van der Waals surface area contributed by atoms with Crippen LogP contribution in [0.2, 0.25) is 0 Å². The summed E-state index contributed by atoms with van der Waals surface area (Å²) in [4.78, 5) is 56.9. The Hall–Kier alpha value is -3.64. The number of aliphatic hydroxyl groups excluding tert-OH is 1. The molecule has 1 fully saturated rings. The van der Waals surface area contributed by atoms with Gasteiger partial charge in [-0.1, -0.05) is 19.9 Å². The number of amides is 3. The van der Waals surface area contributed by atoms with Crippen molar-refractivity contribution in [2.45, 2.75) is 77.0 Å². The maximum absolute atomic E-state index is 14.7. The summed E-state index contributed by atoms with van der Waals surface area (Å²) in [5.74, 6) is -1.43. The van der Waals surface area contributed by atoms with E-state index >= 15 is 0 Å². The third kappa shape index (κ3) is 4.70. The zero-order chi connectivity index (χ0) is 31.4. The van der Waals surface area contributed by atoms with Crippen LogP contribution in [-0.2, 0) is 29.3 Å². The van der Waals surface area contributed by atoms with Gasteiger partial charge in [-0.3, -0.25) is 14.5 Å². The maximum atomic E-state index is 14.7. The van der Waals surface area contributed by atoms with E-state index in [0.29, 0.717) is 36.3 Å². The molecule has 3 N–H and O–H groups in total. The van der Waals surface area contributed by atoms with E-state index in [0.717, 1.165) is 4.90 Å². The number of likely N-dealkylation sites (tertiary alicyclic amines) is 1. The first kappa shape index (κ1) is 31.3. The molecule has 2 heterocycles. The molecule has 1 aliphatic carbocycles. The highest BCUT2D eigenvalue weighted by Gasteiger charge is 2.68. The number of hydrogen-bond acceptors (Lipinski definition) is 10. The van der Waals surface area contributed by atoms with Crippen LogP contribution in [0.25, 0.3) is 0 Å². The molecule has 1 saturated heterocycles. The van der Waals surface area contributed by atoms with Gasteiger partial charge < -0.3 is 29.8 Å². The Morgan fingerprint density at radius 1 is 1.12 bits per heavy atom. The Balaban J connectivity index is 1.94. The molecule has 12 nitrogen and oxygen atoms in total. The van der Waals surface area contributed by atoms with Gasteiger partial charge in [-0.15, -0.1) is 0 Å². The van der Waals surface area contributed by atoms with Gasteiger partial charge >= 0.3 is 12.1 Å². The lowest BCUT2D eigenvalue weighted by atomic mass is 9.61. The van der Waals surface area contributed by atoms with Gasteiger partial charge in [0.1, 0.15) is 17.3 Å². The van der Waals surface area contributed by atoms with Gasteiger partial charge in [0.25, 0.3) is 0 Å². The topological polar surface area (TPSA) is 158 Å². The molecule has 0 saturated carbocycles.